The van der Waals surface area contributed by atoms with Gasteiger partial charge in [-0.05, 0) is 23.1 Å². The fraction of sp³-hybridized carbons (Fsp3) is 0.278. The standard InChI is InChI=1S/C18H20N2O2/c19-15(10-12-6-2-1-3-7-12)18(22)20-17-14-9-5-4-8-13(14)11-16(17)21/h1-9,15-17,21H,10-11,19H2,(H,20,22)/t15-,16+,17-/m0/s1. The molecule has 1 amide bonds. The van der Waals surface area contributed by atoms with Gasteiger partial charge in [-0.25, -0.2) is 0 Å². The Hall–Kier alpha value is -2.17. The Balaban J connectivity index is 1.67. The van der Waals surface area contributed by atoms with Gasteiger partial charge < -0.3 is 16.2 Å². The first-order valence-electron chi connectivity index (χ1n) is 7.51. The SMILES string of the molecule is N[C@@H](Cc1ccccc1)C(=O)N[C@H]1c2ccccc2C[C@H]1O. The van der Waals surface area contributed by atoms with E-state index in [0.717, 1.165) is 16.7 Å². The van der Waals surface area contributed by atoms with E-state index in [4.69, 9.17) is 5.73 Å². The molecule has 3 atom stereocenters. The topological polar surface area (TPSA) is 75.4 Å². The van der Waals surface area contributed by atoms with Gasteiger partial charge in [-0.2, -0.15) is 0 Å². The van der Waals surface area contributed by atoms with Gasteiger partial charge in [0.1, 0.15) is 0 Å². The molecule has 4 nitrogen and oxygen atoms in total. The molecule has 114 valence electrons. The van der Waals surface area contributed by atoms with Crippen molar-refractivity contribution in [2.45, 2.75) is 31.0 Å². The molecule has 0 radical (unpaired) electrons. The Labute approximate surface area is 130 Å². The first-order valence-corrected chi connectivity index (χ1v) is 7.51. The second-order valence-electron chi connectivity index (χ2n) is 5.75. The molecule has 0 bridgehead atoms. The van der Waals surface area contributed by atoms with E-state index in [1.807, 2.05) is 54.6 Å². The van der Waals surface area contributed by atoms with E-state index < -0.39 is 12.1 Å². The molecule has 0 fully saturated rings. The van der Waals surface area contributed by atoms with Crippen LogP contribution in [0.1, 0.15) is 22.7 Å². The third-order valence-corrected chi connectivity index (χ3v) is 4.14. The molecule has 0 saturated carbocycles. The Bertz CT molecular complexity index is 657. The highest BCUT2D eigenvalue weighted by Gasteiger charge is 2.32. The van der Waals surface area contributed by atoms with Crippen molar-refractivity contribution in [1.82, 2.24) is 5.32 Å². The number of fused-ring (bicyclic) bond motifs is 1. The van der Waals surface area contributed by atoms with E-state index in [-0.39, 0.29) is 11.9 Å². The summed E-state index contributed by atoms with van der Waals surface area (Å²) in [6.07, 6.45) is 0.455. The summed E-state index contributed by atoms with van der Waals surface area (Å²) >= 11 is 0. The third-order valence-electron chi connectivity index (χ3n) is 4.14. The number of benzene rings is 2. The number of rotatable bonds is 4. The highest BCUT2D eigenvalue weighted by molar-refractivity contribution is 5.82. The van der Waals surface area contributed by atoms with E-state index in [1.54, 1.807) is 0 Å². The monoisotopic (exact) mass is 296 g/mol. The van der Waals surface area contributed by atoms with E-state index in [1.165, 1.54) is 0 Å². The largest absolute Gasteiger partial charge is 0.390 e. The van der Waals surface area contributed by atoms with Crippen LogP contribution in [-0.4, -0.2) is 23.2 Å². The molecule has 0 aromatic heterocycles. The van der Waals surface area contributed by atoms with Crippen molar-refractivity contribution in [1.29, 1.82) is 0 Å². The van der Waals surface area contributed by atoms with E-state index in [2.05, 4.69) is 5.32 Å². The zero-order valence-corrected chi connectivity index (χ0v) is 12.3. The second kappa shape index (κ2) is 6.30. The van der Waals surface area contributed by atoms with E-state index in [0.29, 0.717) is 12.8 Å². The lowest BCUT2D eigenvalue weighted by Gasteiger charge is -2.20. The molecule has 4 N–H and O–H groups in total. The average Bonchev–Trinajstić information content (AvgIpc) is 2.84. The van der Waals surface area contributed by atoms with Crippen LogP contribution >= 0.6 is 0 Å². The number of carbonyl (C=O) groups excluding carboxylic acids is 1. The quantitative estimate of drug-likeness (QED) is 0.797. The summed E-state index contributed by atoms with van der Waals surface area (Å²) in [5.74, 6) is -0.232. The minimum atomic E-state index is -0.623. The lowest BCUT2D eigenvalue weighted by molar-refractivity contribution is -0.123. The summed E-state index contributed by atoms with van der Waals surface area (Å²) in [5, 5.41) is 13.1. The van der Waals surface area contributed by atoms with Gasteiger partial charge in [0, 0.05) is 6.42 Å². The molecular weight excluding hydrogens is 276 g/mol. The number of nitrogens with one attached hydrogen (secondary N) is 1. The van der Waals surface area contributed by atoms with Crippen molar-refractivity contribution in [2.75, 3.05) is 0 Å². The number of aliphatic hydroxyl groups is 1. The van der Waals surface area contributed by atoms with Crippen molar-refractivity contribution in [3.63, 3.8) is 0 Å². The van der Waals surface area contributed by atoms with Gasteiger partial charge in [0.15, 0.2) is 0 Å². The average molecular weight is 296 g/mol. The molecule has 0 unspecified atom stereocenters. The Morgan fingerprint density at radius 2 is 1.86 bits per heavy atom. The molecule has 2 aromatic rings. The number of hydrogen-bond donors (Lipinski definition) is 3. The molecular formula is C18H20N2O2. The minimum absolute atomic E-state index is 0.232. The normalized spacial score (nSPS) is 21.2. The van der Waals surface area contributed by atoms with Crippen LogP contribution in [0.15, 0.2) is 54.6 Å². The molecule has 0 aliphatic heterocycles. The van der Waals surface area contributed by atoms with Crippen LogP contribution in [-0.2, 0) is 17.6 Å². The number of amides is 1. The van der Waals surface area contributed by atoms with Gasteiger partial charge in [0.25, 0.3) is 0 Å². The predicted octanol–water partition coefficient (Wildman–Crippen LogP) is 1.33. The fourth-order valence-corrected chi connectivity index (χ4v) is 2.97. The molecule has 4 heteroatoms. The van der Waals surface area contributed by atoms with Crippen LogP contribution in [0.2, 0.25) is 0 Å². The van der Waals surface area contributed by atoms with Crippen LogP contribution in [0.5, 0.6) is 0 Å². The van der Waals surface area contributed by atoms with E-state index in [9.17, 15) is 9.90 Å². The van der Waals surface area contributed by atoms with Crippen molar-refractivity contribution >= 4 is 5.91 Å². The van der Waals surface area contributed by atoms with Crippen molar-refractivity contribution in [3.8, 4) is 0 Å². The second-order valence-corrected chi connectivity index (χ2v) is 5.75. The number of nitrogens with two attached hydrogens (primary N) is 1. The summed E-state index contributed by atoms with van der Waals surface area (Å²) in [6, 6.07) is 16.5. The van der Waals surface area contributed by atoms with Crippen molar-refractivity contribution < 1.29 is 9.90 Å². The van der Waals surface area contributed by atoms with Gasteiger partial charge in [-0.15, -0.1) is 0 Å². The summed E-state index contributed by atoms with van der Waals surface area (Å²) in [7, 11) is 0. The lowest BCUT2D eigenvalue weighted by atomic mass is 10.0. The molecule has 0 spiro atoms. The van der Waals surface area contributed by atoms with Crippen LogP contribution in [0.3, 0.4) is 0 Å². The molecule has 0 heterocycles. The fourth-order valence-electron chi connectivity index (χ4n) is 2.97. The summed E-state index contributed by atoms with van der Waals surface area (Å²) < 4.78 is 0. The maximum atomic E-state index is 12.3. The van der Waals surface area contributed by atoms with Crippen LogP contribution < -0.4 is 11.1 Å². The van der Waals surface area contributed by atoms with Gasteiger partial charge >= 0.3 is 0 Å². The molecule has 1 aliphatic carbocycles. The van der Waals surface area contributed by atoms with Crippen LogP contribution in [0.25, 0.3) is 0 Å². The highest BCUT2D eigenvalue weighted by atomic mass is 16.3. The zero-order valence-electron chi connectivity index (χ0n) is 12.3. The summed E-state index contributed by atoms with van der Waals surface area (Å²) in [4.78, 5) is 12.3. The van der Waals surface area contributed by atoms with Crippen molar-refractivity contribution in [3.05, 3.63) is 71.3 Å². The highest BCUT2D eigenvalue weighted by Crippen LogP contribution is 2.31. The Kier molecular flexibility index (Phi) is 4.22. The van der Waals surface area contributed by atoms with Gasteiger partial charge in [-0.1, -0.05) is 54.6 Å². The smallest absolute Gasteiger partial charge is 0.237 e. The maximum Gasteiger partial charge on any atom is 0.237 e. The first kappa shape index (κ1) is 14.8. The number of carbonyl (C=O) groups is 1. The molecule has 2 aromatic carbocycles. The van der Waals surface area contributed by atoms with Crippen LogP contribution in [0, 0.1) is 0 Å². The maximum absolute atomic E-state index is 12.3. The number of hydrogen-bond acceptors (Lipinski definition) is 3. The molecule has 1 aliphatic rings. The number of aliphatic hydroxyl groups excluding tert-OH is 1. The molecule has 3 rings (SSSR count). The first-order chi connectivity index (χ1) is 10.6. The summed E-state index contributed by atoms with van der Waals surface area (Å²) in [5.41, 5.74) is 9.09. The molecule has 22 heavy (non-hydrogen) atoms. The Morgan fingerprint density at radius 3 is 2.64 bits per heavy atom. The van der Waals surface area contributed by atoms with E-state index >= 15 is 0 Å². The van der Waals surface area contributed by atoms with Crippen LogP contribution in [0.4, 0.5) is 0 Å². The lowest BCUT2D eigenvalue weighted by Crippen LogP contribution is -2.45. The Morgan fingerprint density at radius 1 is 1.18 bits per heavy atom. The third kappa shape index (κ3) is 3.03. The van der Waals surface area contributed by atoms with Crippen molar-refractivity contribution in [2.24, 2.45) is 5.73 Å². The zero-order chi connectivity index (χ0) is 15.5. The van der Waals surface area contributed by atoms with Gasteiger partial charge in [0.05, 0.1) is 18.2 Å². The van der Waals surface area contributed by atoms with Gasteiger partial charge in [0.2, 0.25) is 5.91 Å². The molecule has 0 saturated heterocycles. The van der Waals surface area contributed by atoms with Gasteiger partial charge in [-0.3, -0.25) is 4.79 Å². The minimum Gasteiger partial charge on any atom is -0.390 e. The summed E-state index contributed by atoms with van der Waals surface area (Å²) in [6.45, 7) is 0. The predicted molar refractivity (Wildman–Crippen MR) is 85.2 cm³/mol.